The van der Waals surface area contributed by atoms with Crippen LogP contribution in [0.1, 0.15) is 6.42 Å². The Kier molecular flexibility index (Phi) is 6.25. The molecule has 1 aliphatic heterocycles. The smallest absolute Gasteiger partial charge is 0.475 e. The fraction of sp³-hybridized carbons (Fsp3) is 0.667. The van der Waals surface area contributed by atoms with Gasteiger partial charge in [0.15, 0.2) is 0 Å². The molecule has 10 heteroatoms. The Morgan fingerprint density at radius 3 is 1.53 bits per heavy atom. The molecule has 1 aliphatic rings. The number of nitrogens with one attached hydrogen (secondary N) is 1. The highest BCUT2D eigenvalue weighted by Gasteiger charge is 2.39. The number of esters is 2. The van der Waals surface area contributed by atoms with E-state index in [0.29, 0.717) is 6.42 Å². The van der Waals surface area contributed by atoms with E-state index in [9.17, 15) is 22.8 Å². The first-order valence-electron chi connectivity index (χ1n) is 4.85. The number of hydrogen-bond acceptors (Lipinski definition) is 6. The van der Waals surface area contributed by atoms with Gasteiger partial charge in [0.1, 0.15) is 12.1 Å². The molecule has 0 aromatic heterocycles. The van der Waals surface area contributed by atoms with Crippen LogP contribution >= 0.6 is 0 Å². The van der Waals surface area contributed by atoms with Gasteiger partial charge in [0.2, 0.25) is 0 Å². The highest BCUT2D eigenvalue weighted by atomic mass is 19.4. The van der Waals surface area contributed by atoms with Gasteiger partial charge in [-0.05, 0) is 6.42 Å². The molecule has 2 atom stereocenters. The molecule has 19 heavy (non-hydrogen) atoms. The maximum absolute atomic E-state index is 10.8. The third-order valence-corrected chi connectivity index (χ3v) is 2.09. The van der Waals surface area contributed by atoms with Crippen molar-refractivity contribution in [1.29, 1.82) is 0 Å². The molecular weight excluding hydrogens is 275 g/mol. The molecule has 0 aliphatic carbocycles. The normalized spacial score (nSPS) is 21.3. The van der Waals surface area contributed by atoms with Crippen molar-refractivity contribution in [1.82, 2.24) is 5.32 Å². The van der Waals surface area contributed by atoms with E-state index in [-0.39, 0.29) is 24.0 Å². The van der Waals surface area contributed by atoms with Crippen LogP contribution < -0.4 is 5.32 Å². The Balaban J connectivity index is 0.000000399. The summed E-state index contributed by atoms with van der Waals surface area (Å²) in [6.45, 7) is 0. The van der Waals surface area contributed by atoms with E-state index in [0.717, 1.165) is 0 Å². The van der Waals surface area contributed by atoms with E-state index in [4.69, 9.17) is 9.90 Å². The summed E-state index contributed by atoms with van der Waals surface area (Å²) >= 11 is 0. The van der Waals surface area contributed by atoms with Gasteiger partial charge in [-0.2, -0.15) is 13.2 Å². The van der Waals surface area contributed by atoms with Crippen molar-refractivity contribution in [2.75, 3.05) is 14.2 Å². The lowest BCUT2D eigenvalue weighted by Gasteiger charge is -2.32. The molecule has 0 unspecified atom stereocenters. The number of rotatable bonds is 2. The average Bonchev–Trinajstić information content (AvgIpc) is 2.25. The van der Waals surface area contributed by atoms with Gasteiger partial charge in [-0.3, -0.25) is 14.9 Å². The van der Waals surface area contributed by atoms with Crippen LogP contribution in [0.25, 0.3) is 0 Å². The monoisotopic (exact) mass is 287 g/mol. The summed E-state index contributed by atoms with van der Waals surface area (Å²) in [4.78, 5) is 30.5. The van der Waals surface area contributed by atoms with Crippen molar-refractivity contribution >= 4 is 17.9 Å². The lowest BCUT2D eigenvalue weighted by molar-refractivity contribution is -0.192. The van der Waals surface area contributed by atoms with E-state index >= 15 is 0 Å². The molecular formula is C9H12F3NO6. The molecule has 0 saturated carbocycles. The van der Waals surface area contributed by atoms with Crippen LogP contribution in [0, 0.1) is 0 Å². The Labute approximate surface area is 105 Å². The van der Waals surface area contributed by atoms with Gasteiger partial charge in [0.05, 0.1) is 14.2 Å². The summed E-state index contributed by atoms with van der Waals surface area (Å²) in [5, 5.41) is 9.86. The van der Waals surface area contributed by atoms with E-state index < -0.39 is 12.1 Å². The third kappa shape index (κ3) is 5.55. The van der Waals surface area contributed by atoms with E-state index in [1.54, 1.807) is 0 Å². The molecule has 0 radical (unpaired) electrons. The highest BCUT2D eigenvalue weighted by molar-refractivity contribution is 5.84. The molecule has 1 saturated heterocycles. The minimum absolute atomic E-state index is 0.338. The number of hydrogen-bond donors (Lipinski definition) is 2. The van der Waals surface area contributed by atoms with Gasteiger partial charge in [-0.1, -0.05) is 0 Å². The summed E-state index contributed by atoms with van der Waals surface area (Å²) in [6.07, 6.45) is -4.63. The molecule has 1 fully saturated rings. The van der Waals surface area contributed by atoms with Crippen LogP contribution in [0.4, 0.5) is 13.2 Å². The van der Waals surface area contributed by atoms with Crippen molar-refractivity contribution in [2.24, 2.45) is 0 Å². The van der Waals surface area contributed by atoms with Gasteiger partial charge in [-0.15, -0.1) is 0 Å². The van der Waals surface area contributed by atoms with Gasteiger partial charge < -0.3 is 14.6 Å². The van der Waals surface area contributed by atoms with Gasteiger partial charge >= 0.3 is 24.1 Å². The quantitative estimate of drug-likeness (QED) is 0.672. The van der Waals surface area contributed by atoms with Crippen molar-refractivity contribution < 1.29 is 42.1 Å². The van der Waals surface area contributed by atoms with E-state index in [1.165, 1.54) is 14.2 Å². The maximum atomic E-state index is 10.8. The average molecular weight is 287 g/mol. The third-order valence-electron chi connectivity index (χ3n) is 2.09. The molecule has 0 spiro atoms. The topological polar surface area (TPSA) is 102 Å². The first-order chi connectivity index (χ1) is 8.63. The number of carbonyl (C=O) groups excluding carboxylic acids is 2. The second-order valence-electron chi connectivity index (χ2n) is 3.36. The molecule has 110 valence electrons. The number of alkyl halides is 3. The zero-order valence-electron chi connectivity index (χ0n) is 9.98. The summed E-state index contributed by atoms with van der Waals surface area (Å²) in [5.41, 5.74) is 0. The number of halogens is 3. The number of ether oxygens (including phenoxy) is 2. The summed E-state index contributed by atoms with van der Waals surface area (Å²) in [7, 11) is 2.63. The molecule has 0 aromatic rings. The largest absolute Gasteiger partial charge is 0.490 e. The Hall–Kier alpha value is -1.84. The minimum atomic E-state index is -5.08. The van der Waals surface area contributed by atoms with Crippen molar-refractivity contribution in [3.05, 3.63) is 0 Å². The van der Waals surface area contributed by atoms with Crippen LogP contribution in [0.5, 0.6) is 0 Å². The lowest BCUT2D eigenvalue weighted by atomic mass is 9.97. The fourth-order valence-electron chi connectivity index (χ4n) is 1.07. The van der Waals surface area contributed by atoms with Crippen molar-refractivity contribution in [3.8, 4) is 0 Å². The molecule has 1 heterocycles. The highest BCUT2D eigenvalue weighted by Crippen LogP contribution is 2.14. The first kappa shape index (κ1) is 17.2. The minimum Gasteiger partial charge on any atom is -0.475 e. The summed E-state index contributed by atoms with van der Waals surface area (Å²) in [5.74, 6) is -3.43. The molecule has 2 N–H and O–H groups in total. The van der Waals surface area contributed by atoms with Crippen LogP contribution in [0.15, 0.2) is 0 Å². The summed E-state index contributed by atoms with van der Waals surface area (Å²) in [6, 6.07) is -0.696. The first-order valence-corrected chi connectivity index (χ1v) is 4.85. The lowest BCUT2D eigenvalue weighted by Crippen LogP contribution is -2.60. The second-order valence-corrected chi connectivity index (χ2v) is 3.36. The number of carboxylic acids is 1. The van der Waals surface area contributed by atoms with Crippen molar-refractivity contribution in [2.45, 2.75) is 24.7 Å². The van der Waals surface area contributed by atoms with Crippen LogP contribution in [-0.2, 0) is 23.9 Å². The number of methoxy groups -OCH3 is 2. The van der Waals surface area contributed by atoms with Crippen LogP contribution in [-0.4, -0.2) is 55.5 Å². The van der Waals surface area contributed by atoms with Gasteiger partial charge in [0, 0.05) is 0 Å². The maximum Gasteiger partial charge on any atom is 0.490 e. The Morgan fingerprint density at radius 2 is 1.37 bits per heavy atom. The van der Waals surface area contributed by atoms with Gasteiger partial charge in [-0.25, -0.2) is 4.79 Å². The number of carboxylic acid groups (broad SMARTS) is 1. The van der Waals surface area contributed by atoms with Gasteiger partial charge in [0.25, 0.3) is 0 Å². The SMILES string of the molecule is COC(=O)[C@@H]1C[C@@H](C(=O)OC)N1.O=C(O)C(F)(F)F. The van der Waals surface area contributed by atoms with Crippen LogP contribution in [0.2, 0.25) is 0 Å². The van der Waals surface area contributed by atoms with E-state index in [2.05, 4.69) is 14.8 Å². The van der Waals surface area contributed by atoms with E-state index in [1.807, 2.05) is 0 Å². The Morgan fingerprint density at radius 1 is 1.11 bits per heavy atom. The molecule has 0 amide bonds. The predicted octanol–water partition coefficient (Wildman–Crippen LogP) is -0.304. The zero-order valence-corrected chi connectivity index (χ0v) is 9.98. The predicted molar refractivity (Wildman–Crippen MR) is 53.1 cm³/mol. The molecule has 0 aromatic carbocycles. The molecule has 0 bridgehead atoms. The van der Waals surface area contributed by atoms with Crippen LogP contribution in [0.3, 0.4) is 0 Å². The standard InChI is InChI=1S/C7H11NO4.C2HF3O2/c1-11-6(9)4-3-5(8-4)7(10)12-2;3-2(4,5)1(6)7/h4-5,8H,3H2,1-2H3;(H,6,7)/t4-,5-;/m0./s1. The number of carbonyl (C=O) groups is 3. The fourth-order valence-corrected chi connectivity index (χ4v) is 1.07. The number of aliphatic carboxylic acids is 1. The molecule has 7 nitrogen and oxygen atoms in total. The zero-order chi connectivity index (χ0) is 15.2. The summed E-state index contributed by atoms with van der Waals surface area (Å²) < 4.78 is 40.7. The molecule has 1 rings (SSSR count). The van der Waals surface area contributed by atoms with Crippen molar-refractivity contribution in [3.63, 3.8) is 0 Å². The second kappa shape index (κ2) is 6.92. The Bertz CT molecular complexity index is 330.